The number of tetrazole rings is 1. The van der Waals surface area contributed by atoms with E-state index >= 15 is 0 Å². The standard InChI is InChI=1S/C10H16N4O2/c1-7(4-10(15)16)6-14-9(11-12-13-14)5-8-2-3-8/h7-8H,2-6H2,1H3,(H,15,16). The zero-order valence-electron chi connectivity index (χ0n) is 9.33. The summed E-state index contributed by atoms with van der Waals surface area (Å²) in [5.74, 6) is 0.905. The molecule has 88 valence electrons. The lowest BCUT2D eigenvalue weighted by Gasteiger charge is -2.09. The van der Waals surface area contributed by atoms with Crippen LogP contribution < -0.4 is 0 Å². The van der Waals surface area contributed by atoms with Crippen molar-refractivity contribution in [1.29, 1.82) is 0 Å². The van der Waals surface area contributed by atoms with Crippen LogP contribution in [0.3, 0.4) is 0 Å². The summed E-state index contributed by atoms with van der Waals surface area (Å²) in [5.41, 5.74) is 0. The number of carbonyl (C=O) groups is 1. The lowest BCUT2D eigenvalue weighted by atomic mass is 10.1. The Morgan fingerprint density at radius 1 is 1.62 bits per heavy atom. The molecule has 0 bridgehead atoms. The maximum atomic E-state index is 10.5. The number of carboxylic acid groups (broad SMARTS) is 1. The molecular formula is C10H16N4O2. The fraction of sp³-hybridized carbons (Fsp3) is 0.800. The number of aliphatic carboxylic acids is 1. The van der Waals surface area contributed by atoms with Gasteiger partial charge < -0.3 is 5.11 Å². The number of rotatable bonds is 6. The second-order valence-electron chi connectivity index (χ2n) is 4.63. The van der Waals surface area contributed by atoms with Crippen molar-refractivity contribution < 1.29 is 9.90 Å². The third kappa shape index (κ3) is 3.01. The van der Waals surface area contributed by atoms with E-state index in [0.717, 1.165) is 18.2 Å². The van der Waals surface area contributed by atoms with Crippen molar-refractivity contribution in [2.24, 2.45) is 11.8 Å². The average molecular weight is 224 g/mol. The highest BCUT2D eigenvalue weighted by atomic mass is 16.4. The summed E-state index contributed by atoms with van der Waals surface area (Å²) in [5, 5.41) is 20.2. The van der Waals surface area contributed by atoms with Crippen molar-refractivity contribution in [3.63, 3.8) is 0 Å². The molecule has 1 fully saturated rings. The molecule has 0 amide bonds. The van der Waals surface area contributed by atoms with Gasteiger partial charge in [0.05, 0.1) is 0 Å². The first-order chi connectivity index (χ1) is 7.65. The number of aromatic nitrogens is 4. The van der Waals surface area contributed by atoms with E-state index in [0.29, 0.717) is 6.54 Å². The fourth-order valence-electron chi connectivity index (χ4n) is 1.75. The minimum absolute atomic E-state index is 0.0546. The summed E-state index contributed by atoms with van der Waals surface area (Å²) in [4.78, 5) is 10.5. The largest absolute Gasteiger partial charge is 0.481 e. The van der Waals surface area contributed by atoms with Crippen LogP contribution >= 0.6 is 0 Å². The summed E-state index contributed by atoms with van der Waals surface area (Å²) >= 11 is 0. The van der Waals surface area contributed by atoms with Gasteiger partial charge in [0.15, 0.2) is 5.82 Å². The van der Waals surface area contributed by atoms with E-state index in [1.807, 2.05) is 6.92 Å². The quantitative estimate of drug-likeness (QED) is 0.770. The highest BCUT2D eigenvalue weighted by Crippen LogP contribution is 2.31. The highest BCUT2D eigenvalue weighted by Gasteiger charge is 2.24. The van der Waals surface area contributed by atoms with Crippen LogP contribution in [0.25, 0.3) is 0 Å². The Bertz CT molecular complexity index is 373. The van der Waals surface area contributed by atoms with Gasteiger partial charge in [-0.15, -0.1) is 5.10 Å². The normalized spacial score (nSPS) is 17.3. The van der Waals surface area contributed by atoms with Gasteiger partial charge in [-0.3, -0.25) is 4.79 Å². The summed E-state index contributed by atoms with van der Waals surface area (Å²) in [6, 6.07) is 0. The van der Waals surface area contributed by atoms with Gasteiger partial charge in [-0.2, -0.15) is 0 Å². The van der Waals surface area contributed by atoms with E-state index < -0.39 is 5.97 Å². The predicted octanol–water partition coefficient (Wildman–Crippen LogP) is 0.736. The molecule has 1 aliphatic rings. The smallest absolute Gasteiger partial charge is 0.303 e. The van der Waals surface area contributed by atoms with Crippen molar-refractivity contribution in [2.75, 3.05) is 0 Å². The topological polar surface area (TPSA) is 80.9 Å². The third-order valence-corrected chi connectivity index (χ3v) is 2.78. The van der Waals surface area contributed by atoms with Crippen LogP contribution in [0.1, 0.15) is 32.0 Å². The minimum atomic E-state index is -0.774. The minimum Gasteiger partial charge on any atom is -0.481 e. The zero-order chi connectivity index (χ0) is 11.5. The van der Waals surface area contributed by atoms with Crippen LogP contribution in [0.5, 0.6) is 0 Å². The molecule has 1 unspecified atom stereocenters. The summed E-state index contributed by atoms with van der Waals surface area (Å²) in [6.07, 6.45) is 3.60. The first-order valence-electron chi connectivity index (χ1n) is 5.62. The molecule has 0 spiro atoms. The molecule has 1 N–H and O–H groups in total. The van der Waals surface area contributed by atoms with Crippen molar-refractivity contribution in [3.05, 3.63) is 5.82 Å². The number of hydrogen-bond acceptors (Lipinski definition) is 4. The highest BCUT2D eigenvalue weighted by molar-refractivity contribution is 5.66. The van der Waals surface area contributed by atoms with Crippen LogP contribution in [0.4, 0.5) is 0 Å². The second kappa shape index (κ2) is 4.59. The summed E-state index contributed by atoms with van der Waals surface area (Å²) in [7, 11) is 0. The molecule has 0 aromatic carbocycles. The Labute approximate surface area is 93.6 Å². The monoisotopic (exact) mass is 224 g/mol. The first-order valence-corrected chi connectivity index (χ1v) is 5.62. The Kier molecular flexibility index (Phi) is 3.17. The van der Waals surface area contributed by atoms with Crippen molar-refractivity contribution in [1.82, 2.24) is 20.2 Å². The maximum Gasteiger partial charge on any atom is 0.303 e. The van der Waals surface area contributed by atoms with E-state index in [2.05, 4.69) is 15.5 Å². The van der Waals surface area contributed by atoms with E-state index in [-0.39, 0.29) is 12.3 Å². The zero-order valence-corrected chi connectivity index (χ0v) is 9.33. The van der Waals surface area contributed by atoms with E-state index in [1.165, 1.54) is 12.8 Å². The lowest BCUT2D eigenvalue weighted by molar-refractivity contribution is -0.138. The maximum absolute atomic E-state index is 10.5. The van der Waals surface area contributed by atoms with Gasteiger partial charge in [0.2, 0.25) is 0 Å². The Morgan fingerprint density at radius 2 is 2.38 bits per heavy atom. The molecule has 1 heterocycles. The molecule has 0 aliphatic heterocycles. The Balaban J connectivity index is 1.91. The van der Waals surface area contributed by atoms with Crippen molar-refractivity contribution in [3.8, 4) is 0 Å². The molecule has 2 rings (SSSR count). The van der Waals surface area contributed by atoms with Gasteiger partial charge in [0, 0.05) is 19.4 Å². The Morgan fingerprint density at radius 3 is 3.00 bits per heavy atom. The van der Waals surface area contributed by atoms with E-state index in [9.17, 15) is 4.79 Å². The molecule has 1 aromatic rings. The van der Waals surface area contributed by atoms with Crippen molar-refractivity contribution >= 4 is 5.97 Å². The van der Waals surface area contributed by atoms with Gasteiger partial charge in [-0.1, -0.05) is 6.92 Å². The molecule has 1 atom stereocenters. The van der Waals surface area contributed by atoms with Crippen LogP contribution in [0.15, 0.2) is 0 Å². The predicted molar refractivity (Wildman–Crippen MR) is 55.7 cm³/mol. The molecule has 16 heavy (non-hydrogen) atoms. The van der Waals surface area contributed by atoms with Gasteiger partial charge in [0.25, 0.3) is 0 Å². The van der Waals surface area contributed by atoms with Crippen LogP contribution in [-0.2, 0) is 17.8 Å². The van der Waals surface area contributed by atoms with E-state index in [1.54, 1.807) is 4.68 Å². The molecule has 1 saturated carbocycles. The first kappa shape index (κ1) is 11.0. The van der Waals surface area contributed by atoms with Gasteiger partial charge >= 0.3 is 5.97 Å². The van der Waals surface area contributed by atoms with Crippen molar-refractivity contribution in [2.45, 2.75) is 39.2 Å². The molecular weight excluding hydrogens is 208 g/mol. The van der Waals surface area contributed by atoms with Gasteiger partial charge in [-0.05, 0) is 35.1 Å². The molecule has 6 heteroatoms. The molecule has 1 aliphatic carbocycles. The van der Waals surface area contributed by atoms with E-state index in [4.69, 9.17) is 5.11 Å². The SMILES string of the molecule is CC(CC(=O)O)Cn1nnnc1CC1CC1. The van der Waals surface area contributed by atoms with Crippen LogP contribution in [0, 0.1) is 11.8 Å². The lowest BCUT2D eigenvalue weighted by Crippen LogP contribution is -2.15. The second-order valence-corrected chi connectivity index (χ2v) is 4.63. The third-order valence-electron chi connectivity index (χ3n) is 2.78. The number of carboxylic acids is 1. The number of nitrogens with zero attached hydrogens (tertiary/aromatic N) is 4. The van der Waals surface area contributed by atoms with Crippen LogP contribution in [0.2, 0.25) is 0 Å². The average Bonchev–Trinajstić information content (AvgIpc) is 2.88. The van der Waals surface area contributed by atoms with Crippen LogP contribution in [-0.4, -0.2) is 31.3 Å². The molecule has 0 saturated heterocycles. The Hall–Kier alpha value is -1.46. The summed E-state index contributed by atoms with van der Waals surface area (Å²) in [6.45, 7) is 2.48. The molecule has 0 radical (unpaired) electrons. The molecule has 1 aromatic heterocycles. The fourth-order valence-corrected chi connectivity index (χ4v) is 1.75. The van der Waals surface area contributed by atoms with Gasteiger partial charge in [-0.25, -0.2) is 4.68 Å². The molecule has 6 nitrogen and oxygen atoms in total. The summed E-state index contributed by atoms with van der Waals surface area (Å²) < 4.78 is 1.74. The van der Waals surface area contributed by atoms with Gasteiger partial charge in [0.1, 0.15) is 0 Å². The number of hydrogen-bond donors (Lipinski definition) is 1.